The maximum Gasteiger partial charge on any atom is 0.411 e. The van der Waals surface area contributed by atoms with Gasteiger partial charge in [0.1, 0.15) is 5.75 Å². The topological polar surface area (TPSA) is 90.8 Å². The molecule has 1 amide bonds. The first kappa shape index (κ1) is 16.6. The average molecular weight is 308 g/mol. The van der Waals surface area contributed by atoms with Crippen molar-refractivity contribution in [3.63, 3.8) is 0 Å². The Morgan fingerprint density at radius 1 is 1.41 bits per heavy atom. The number of carbonyl (C=O) groups is 1. The first-order valence-corrected chi connectivity index (χ1v) is 7.75. The van der Waals surface area contributed by atoms with Crippen molar-refractivity contribution in [1.29, 1.82) is 0 Å². The minimum atomic E-state index is -0.578. The molecule has 1 fully saturated rings. The number of amides is 1. The molecule has 22 heavy (non-hydrogen) atoms. The Labute approximate surface area is 130 Å². The van der Waals surface area contributed by atoms with Gasteiger partial charge in [-0.05, 0) is 43.9 Å². The van der Waals surface area contributed by atoms with Crippen molar-refractivity contribution in [1.82, 2.24) is 5.32 Å². The van der Waals surface area contributed by atoms with Crippen molar-refractivity contribution in [2.45, 2.75) is 44.7 Å². The van der Waals surface area contributed by atoms with E-state index < -0.39 is 6.09 Å². The normalized spacial score (nSPS) is 21.4. The van der Waals surface area contributed by atoms with Crippen LogP contribution in [0.1, 0.15) is 31.7 Å². The predicted octanol–water partition coefficient (Wildman–Crippen LogP) is 2.01. The molecule has 1 aromatic rings. The van der Waals surface area contributed by atoms with Crippen LogP contribution < -0.4 is 10.6 Å². The van der Waals surface area contributed by atoms with Crippen molar-refractivity contribution in [3.05, 3.63) is 23.8 Å². The summed E-state index contributed by atoms with van der Waals surface area (Å²) >= 11 is 0. The lowest BCUT2D eigenvalue weighted by atomic mass is 9.94. The SMILES string of the molecule is CCOC(=O)Nc1cc(CC2CCCC(CO)N2)ccc1O. The molecule has 6 nitrogen and oxygen atoms in total. The Balaban J connectivity index is 2.00. The summed E-state index contributed by atoms with van der Waals surface area (Å²) in [5, 5.41) is 25.0. The number of aliphatic hydroxyl groups is 1. The number of benzene rings is 1. The molecule has 1 aromatic carbocycles. The Kier molecular flexibility index (Phi) is 6.03. The molecule has 0 bridgehead atoms. The smallest absolute Gasteiger partial charge is 0.411 e. The number of rotatable bonds is 5. The van der Waals surface area contributed by atoms with Crippen molar-refractivity contribution in [3.8, 4) is 5.75 Å². The summed E-state index contributed by atoms with van der Waals surface area (Å²) in [4.78, 5) is 11.5. The number of hydrogen-bond donors (Lipinski definition) is 4. The van der Waals surface area contributed by atoms with Gasteiger partial charge in [-0.3, -0.25) is 5.32 Å². The summed E-state index contributed by atoms with van der Waals surface area (Å²) in [6.07, 6.45) is 3.35. The molecule has 122 valence electrons. The van der Waals surface area contributed by atoms with Gasteiger partial charge < -0.3 is 20.3 Å². The van der Waals surface area contributed by atoms with Crippen LogP contribution in [0.25, 0.3) is 0 Å². The highest BCUT2D eigenvalue weighted by molar-refractivity contribution is 5.86. The second-order valence-electron chi connectivity index (χ2n) is 5.58. The van der Waals surface area contributed by atoms with Crippen molar-refractivity contribution in [2.24, 2.45) is 0 Å². The van der Waals surface area contributed by atoms with Gasteiger partial charge in [-0.15, -0.1) is 0 Å². The number of aromatic hydroxyl groups is 1. The summed E-state index contributed by atoms with van der Waals surface area (Å²) in [5.41, 5.74) is 1.37. The van der Waals surface area contributed by atoms with Crippen LogP contribution in [0.3, 0.4) is 0 Å². The van der Waals surface area contributed by atoms with Crippen LogP contribution in [-0.4, -0.2) is 41.6 Å². The van der Waals surface area contributed by atoms with E-state index in [9.17, 15) is 15.0 Å². The van der Waals surface area contributed by atoms with Gasteiger partial charge in [-0.2, -0.15) is 0 Å². The van der Waals surface area contributed by atoms with E-state index >= 15 is 0 Å². The number of nitrogens with one attached hydrogen (secondary N) is 2. The highest BCUT2D eigenvalue weighted by Crippen LogP contribution is 2.26. The fourth-order valence-electron chi connectivity index (χ4n) is 2.79. The van der Waals surface area contributed by atoms with Gasteiger partial charge in [0.2, 0.25) is 0 Å². The fraction of sp³-hybridized carbons (Fsp3) is 0.562. The minimum absolute atomic E-state index is 0.0154. The third kappa shape index (κ3) is 4.61. The summed E-state index contributed by atoms with van der Waals surface area (Å²) in [6.45, 7) is 2.16. The van der Waals surface area contributed by atoms with Gasteiger partial charge >= 0.3 is 6.09 Å². The van der Waals surface area contributed by atoms with Gasteiger partial charge in [0.25, 0.3) is 0 Å². The van der Waals surface area contributed by atoms with Gasteiger partial charge in [0, 0.05) is 12.1 Å². The highest BCUT2D eigenvalue weighted by Gasteiger charge is 2.20. The lowest BCUT2D eigenvalue weighted by Crippen LogP contribution is -2.45. The molecule has 1 aliphatic heterocycles. The van der Waals surface area contributed by atoms with E-state index in [-0.39, 0.29) is 25.0 Å². The first-order chi connectivity index (χ1) is 10.6. The van der Waals surface area contributed by atoms with Gasteiger partial charge in [0.05, 0.1) is 18.9 Å². The van der Waals surface area contributed by atoms with Gasteiger partial charge in [0.15, 0.2) is 0 Å². The molecule has 1 heterocycles. The zero-order chi connectivity index (χ0) is 15.9. The molecule has 1 aliphatic rings. The summed E-state index contributed by atoms with van der Waals surface area (Å²) < 4.78 is 4.82. The molecule has 0 aliphatic carbocycles. The van der Waals surface area contributed by atoms with E-state index in [1.807, 2.05) is 6.07 Å². The van der Waals surface area contributed by atoms with Crippen LogP contribution in [0.5, 0.6) is 5.75 Å². The number of aliphatic hydroxyl groups excluding tert-OH is 1. The molecule has 6 heteroatoms. The molecule has 0 aromatic heterocycles. The van der Waals surface area contributed by atoms with E-state index in [0.29, 0.717) is 11.7 Å². The molecule has 0 spiro atoms. The van der Waals surface area contributed by atoms with Crippen LogP contribution in [0.15, 0.2) is 18.2 Å². The first-order valence-electron chi connectivity index (χ1n) is 7.75. The van der Waals surface area contributed by atoms with Gasteiger partial charge in [-0.25, -0.2) is 4.79 Å². The lowest BCUT2D eigenvalue weighted by Gasteiger charge is -2.30. The fourth-order valence-corrected chi connectivity index (χ4v) is 2.79. The molecule has 0 saturated carbocycles. The van der Waals surface area contributed by atoms with E-state index in [1.165, 1.54) is 0 Å². The Hall–Kier alpha value is -1.79. The number of hydrogen-bond acceptors (Lipinski definition) is 5. The molecule has 2 rings (SSSR count). The maximum atomic E-state index is 11.5. The average Bonchev–Trinajstić information content (AvgIpc) is 2.51. The Morgan fingerprint density at radius 2 is 2.18 bits per heavy atom. The summed E-state index contributed by atoms with van der Waals surface area (Å²) in [5.74, 6) is 0.0154. The molecule has 2 unspecified atom stereocenters. The molecular formula is C16H24N2O4. The minimum Gasteiger partial charge on any atom is -0.506 e. The largest absolute Gasteiger partial charge is 0.506 e. The number of phenols is 1. The third-order valence-electron chi connectivity index (χ3n) is 3.85. The standard InChI is InChI=1S/C16H24N2O4/c1-2-22-16(21)18-14-9-11(6-7-15(14)20)8-12-4-3-5-13(10-19)17-12/h6-7,9,12-13,17,19-20H,2-5,8,10H2,1H3,(H,18,21). The quantitative estimate of drug-likeness (QED) is 0.625. The number of anilines is 1. The monoisotopic (exact) mass is 308 g/mol. The molecule has 4 N–H and O–H groups in total. The molecule has 0 radical (unpaired) electrons. The lowest BCUT2D eigenvalue weighted by molar-refractivity contribution is 0.168. The Morgan fingerprint density at radius 3 is 2.91 bits per heavy atom. The van der Waals surface area contributed by atoms with Crippen LogP contribution in [0.4, 0.5) is 10.5 Å². The summed E-state index contributed by atoms with van der Waals surface area (Å²) in [6, 6.07) is 5.63. The number of carbonyl (C=O) groups excluding carboxylic acids is 1. The number of ether oxygens (including phenoxy) is 1. The highest BCUT2D eigenvalue weighted by atomic mass is 16.5. The van der Waals surface area contributed by atoms with Crippen LogP contribution in [-0.2, 0) is 11.2 Å². The van der Waals surface area contributed by atoms with E-state index in [4.69, 9.17) is 4.74 Å². The maximum absolute atomic E-state index is 11.5. The van der Waals surface area contributed by atoms with Crippen LogP contribution >= 0.6 is 0 Å². The van der Waals surface area contributed by atoms with Crippen molar-refractivity contribution >= 4 is 11.8 Å². The van der Waals surface area contributed by atoms with E-state index in [1.54, 1.807) is 19.1 Å². The predicted molar refractivity (Wildman–Crippen MR) is 84.1 cm³/mol. The van der Waals surface area contributed by atoms with E-state index in [2.05, 4.69) is 10.6 Å². The van der Waals surface area contributed by atoms with E-state index in [0.717, 1.165) is 31.2 Å². The second kappa shape index (κ2) is 8.00. The second-order valence-corrected chi connectivity index (χ2v) is 5.58. The van der Waals surface area contributed by atoms with Crippen LogP contribution in [0.2, 0.25) is 0 Å². The molecule has 2 atom stereocenters. The third-order valence-corrected chi connectivity index (χ3v) is 3.85. The van der Waals surface area contributed by atoms with Crippen molar-refractivity contribution in [2.75, 3.05) is 18.5 Å². The summed E-state index contributed by atoms with van der Waals surface area (Å²) in [7, 11) is 0. The zero-order valence-electron chi connectivity index (χ0n) is 12.8. The molecular weight excluding hydrogens is 284 g/mol. The van der Waals surface area contributed by atoms with Gasteiger partial charge in [-0.1, -0.05) is 12.5 Å². The number of piperidine rings is 1. The molecule has 1 saturated heterocycles. The zero-order valence-corrected chi connectivity index (χ0v) is 12.8. The number of phenolic OH excluding ortho intramolecular Hbond substituents is 1. The van der Waals surface area contributed by atoms with Crippen LogP contribution in [0, 0.1) is 0 Å². The Bertz CT molecular complexity index is 507. The van der Waals surface area contributed by atoms with Crippen molar-refractivity contribution < 1.29 is 19.7 Å².